The van der Waals surface area contributed by atoms with Crippen molar-refractivity contribution in [3.63, 3.8) is 0 Å². The van der Waals surface area contributed by atoms with Gasteiger partial charge in [-0.15, -0.1) is 5.10 Å². The molecule has 0 N–H and O–H groups in total. The lowest BCUT2D eigenvalue weighted by atomic mass is 10.2. The Morgan fingerprint density at radius 2 is 2.00 bits per heavy atom. The standard InChI is InChI=1S/C17H11N3O2S/c21-16-14(10-4-8-12-6-2-1-3-7-12)23-17-18-15(19-20(16)17)13-9-5-11-22-13/h1-11H/b8-4+,14-10-. The van der Waals surface area contributed by atoms with E-state index in [0.717, 1.165) is 5.56 Å². The van der Waals surface area contributed by atoms with Gasteiger partial charge in [-0.05, 0) is 23.8 Å². The number of allylic oxidation sites excluding steroid dienone is 1. The van der Waals surface area contributed by atoms with Gasteiger partial charge < -0.3 is 4.42 Å². The molecular formula is C17H11N3O2S. The second-order valence-corrected chi connectivity index (χ2v) is 5.82. The molecule has 0 fully saturated rings. The van der Waals surface area contributed by atoms with E-state index in [1.165, 1.54) is 15.9 Å². The van der Waals surface area contributed by atoms with Crippen molar-refractivity contribution in [2.45, 2.75) is 0 Å². The van der Waals surface area contributed by atoms with E-state index in [2.05, 4.69) is 10.1 Å². The van der Waals surface area contributed by atoms with Crippen LogP contribution in [-0.4, -0.2) is 14.6 Å². The average Bonchev–Trinajstić information content (AvgIpc) is 3.27. The summed E-state index contributed by atoms with van der Waals surface area (Å²) in [5.41, 5.74) is 0.906. The van der Waals surface area contributed by atoms with Crippen molar-refractivity contribution < 1.29 is 4.42 Å². The molecular weight excluding hydrogens is 310 g/mol. The van der Waals surface area contributed by atoms with Crippen molar-refractivity contribution in [2.75, 3.05) is 0 Å². The van der Waals surface area contributed by atoms with Crippen molar-refractivity contribution in [1.29, 1.82) is 0 Å². The first-order valence-corrected chi connectivity index (χ1v) is 7.80. The van der Waals surface area contributed by atoms with Gasteiger partial charge in [-0.1, -0.05) is 53.8 Å². The number of nitrogens with zero attached hydrogens (tertiary/aromatic N) is 3. The van der Waals surface area contributed by atoms with E-state index in [1.54, 1.807) is 24.5 Å². The molecule has 0 radical (unpaired) electrons. The Bertz CT molecular complexity index is 1080. The lowest BCUT2D eigenvalue weighted by Gasteiger charge is -1.87. The van der Waals surface area contributed by atoms with Crippen LogP contribution in [0.25, 0.3) is 28.7 Å². The van der Waals surface area contributed by atoms with E-state index in [-0.39, 0.29) is 5.56 Å². The molecule has 0 atom stereocenters. The van der Waals surface area contributed by atoms with E-state index < -0.39 is 0 Å². The van der Waals surface area contributed by atoms with Crippen LogP contribution in [-0.2, 0) is 0 Å². The van der Waals surface area contributed by atoms with E-state index >= 15 is 0 Å². The molecule has 3 heterocycles. The maximum atomic E-state index is 12.3. The van der Waals surface area contributed by atoms with Gasteiger partial charge in [-0.3, -0.25) is 4.79 Å². The molecule has 0 aliphatic carbocycles. The third-order valence-corrected chi connectivity index (χ3v) is 4.24. The summed E-state index contributed by atoms with van der Waals surface area (Å²) in [6.07, 6.45) is 7.14. The smallest absolute Gasteiger partial charge is 0.291 e. The molecule has 5 nitrogen and oxygen atoms in total. The lowest BCUT2D eigenvalue weighted by Crippen LogP contribution is -2.23. The van der Waals surface area contributed by atoms with Crippen molar-refractivity contribution in [3.8, 4) is 11.6 Å². The highest BCUT2D eigenvalue weighted by Gasteiger charge is 2.12. The molecule has 6 heteroatoms. The quantitative estimate of drug-likeness (QED) is 0.582. The van der Waals surface area contributed by atoms with E-state index in [1.807, 2.05) is 42.5 Å². The van der Waals surface area contributed by atoms with Crippen LogP contribution in [0.3, 0.4) is 0 Å². The number of hydrogen-bond acceptors (Lipinski definition) is 5. The van der Waals surface area contributed by atoms with Gasteiger partial charge in [0.15, 0.2) is 5.76 Å². The summed E-state index contributed by atoms with van der Waals surface area (Å²) in [5, 5.41) is 4.21. The van der Waals surface area contributed by atoms with Crippen LogP contribution in [0.1, 0.15) is 5.56 Å². The van der Waals surface area contributed by atoms with Gasteiger partial charge in [0.25, 0.3) is 5.56 Å². The van der Waals surface area contributed by atoms with E-state index in [0.29, 0.717) is 21.1 Å². The van der Waals surface area contributed by atoms with Crippen LogP contribution in [0.15, 0.2) is 64.0 Å². The fraction of sp³-hybridized carbons (Fsp3) is 0. The first-order chi connectivity index (χ1) is 11.3. The molecule has 4 aromatic rings. The zero-order chi connectivity index (χ0) is 15.6. The maximum Gasteiger partial charge on any atom is 0.291 e. The van der Waals surface area contributed by atoms with Crippen LogP contribution in [0.4, 0.5) is 0 Å². The molecule has 0 bridgehead atoms. The summed E-state index contributed by atoms with van der Waals surface area (Å²) in [6.45, 7) is 0. The van der Waals surface area contributed by atoms with Crippen LogP contribution in [0.5, 0.6) is 0 Å². The Kier molecular flexibility index (Phi) is 3.36. The number of thiazole rings is 1. The SMILES string of the molecule is O=c1/c(=C/C=C/c2ccccc2)sc2nc(-c3ccco3)nn12. The number of hydrogen-bond donors (Lipinski definition) is 0. The molecule has 4 rings (SSSR count). The Balaban J connectivity index is 1.70. The summed E-state index contributed by atoms with van der Waals surface area (Å²) in [7, 11) is 0. The topological polar surface area (TPSA) is 60.4 Å². The fourth-order valence-electron chi connectivity index (χ4n) is 2.17. The highest BCUT2D eigenvalue weighted by atomic mass is 32.1. The van der Waals surface area contributed by atoms with Gasteiger partial charge in [0, 0.05) is 0 Å². The molecule has 0 aliphatic heterocycles. The molecule has 0 aliphatic rings. The monoisotopic (exact) mass is 321 g/mol. The number of benzene rings is 1. The van der Waals surface area contributed by atoms with Crippen molar-refractivity contribution in [1.82, 2.24) is 14.6 Å². The fourth-order valence-corrected chi connectivity index (χ4v) is 3.03. The number of rotatable bonds is 3. The molecule has 0 saturated carbocycles. The Labute approximate surface area is 134 Å². The minimum Gasteiger partial charge on any atom is -0.461 e. The predicted molar refractivity (Wildman–Crippen MR) is 90.0 cm³/mol. The van der Waals surface area contributed by atoms with Gasteiger partial charge >= 0.3 is 0 Å². The molecule has 0 unspecified atom stereocenters. The van der Waals surface area contributed by atoms with Gasteiger partial charge in [0.1, 0.15) is 0 Å². The van der Waals surface area contributed by atoms with Crippen LogP contribution in [0.2, 0.25) is 0 Å². The molecule has 3 aromatic heterocycles. The van der Waals surface area contributed by atoms with Gasteiger partial charge in [-0.2, -0.15) is 9.50 Å². The van der Waals surface area contributed by atoms with Gasteiger partial charge in [0.05, 0.1) is 10.8 Å². The molecule has 23 heavy (non-hydrogen) atoms. The number of aromatic nitrogens is 3. The minimum atomic E-state index is -0.173. The first kappa shape index (κ1) is 13.7. The second-order valence-electron chi connectivity index (χ2n) is 4.82. The summed E-state index contributed by atoms with van der Waals surface area (Å²) in [6, 6.07) is 13.4. The normalized spacial score (nSPS) is 12.6. The Hall–Kier alpha value is -2.99. The summed E-state index contributed by atoms with van der Waals surface area (Å²) >= 11 is 1.31. The highest BCUT2D eigenvalue weighted by Crippen LogP contribution is 2.16. The zero-order valence-corrected chi connectivity index (χ0v) is 12.7. The minimum absolute atomic E-state index is 0.173. The first-order valence-electron chi connectivity index (χ1n) is 6.98. The summed E-state index contributed by atoms with van der Waals surface area (Å²) < 4.78 is 7.15. The molecule has 0 saturated heterocycles. The van der Waals surface area contributed by atoms with Crippen LogP contribution < -0.4 is 10.1 Å². The molecule has 0 amide bonds. The highest BCUT2D eigenvalue weighted by molar-refractivity contribution is 7.15. The molecule has 0 spiro atoms. The average molecular weight is 321 g/mol. The van der Waals surface area contributed by atoms with E-state index in [9.17, 15) is 4.79 Å². The Morgan fingerprint density at radius 1 is 1.13 bits per heavy atom. The van der Waals surface area contributed by atoms with Gasteiger partial charge in [0.2, 0.25) is 10.8 Å². The van der Waals surface area contributed by atoms with Gasteiger partial charge in [-0.25, -0.2) is 0 Å². The summed E-state index contributed by atoms with van der Waals surface area (Å²) in [4.78, 5) is 17.2. The van der Waals surface area contributed by atoms with Crippen molar-refractivity contribution >= 4 is 28.4 Å². The third kappa shape index (κ3) is 2.60. The number of furan rings is 1. The third-order valence-electron chi connectivity index (χ3n) is 3.26. The largest absolute Gasteiger partial charge is 0.461 e. The van der Waals surface area contributed by atoms with Crippen molar-refractivity contribution in [2.24, 2.45) is 0 Å². The second kappa shape index (κ2) is 5.66. The predicted octanol–water partition coefficient (Wildman–Crippen LogP) is 2.62. The van der Waals surface area contributed by atoms with Crippen LogP contribution >= 0.6 is 11.3 Å². The molecule has 112 valence electrons. The van der Waals surface area contributed by atoms with Crippen LogP contribution in [0, 0.1) is 0 Å². The zero-order valence-electron chi connectivity index (χ0n) is 11.9. The molecule has 1 aromatic carbocycles. The Morgan fingerprint density at radius 3 is 2.74 bits per heavy atom. The maximum absolute atomic E-state index is 12.3. The van der Waals surface area contributed by atoms with Crippen molar-refractivity contribution in [3.05, 3.63) is 75.3 Å². The lowest BCUT2D eigenvalue weighted by molar-refractivity contribution is 0.577. The van der Waals surface area contributed by atoms with E-state index in [4.69, 9.17) is 4.42 Å². The number of fused-ring (bicyclic) bond motifs is 1. The summed E-state index contributed by atoms with van der Waals surface area (Å²) in [5.74, 6) is 0.972.